The number of halogens is 1. The molecule has 0 unspecified atom stereocenters. The molecule has 3 nitrogen and oxygen atoms in total. The number of benzene rings is 1. The van der Waals surface area contributed by atoms with Crippen molar-refractivity contribution in [3.63, 3.8) is 0 Å². The molecule has 0 atom stereocenters. The Morgan fingerprint density at radius 2 is 1.88 bits per heavy atom. The lowest BCUT2D eigenvalue weighted by atomic mass is 10.2. The van der Waals surface area contributed by atoms with Gasteiger partial charge in [-0.25, -0.2) is 8.42 Å². The van der Waals surface area contributed by atoms with Gasteiger partial charge in [0.1, 0.15) is 5.75 Å². The van der Waals surface area contributed by atoms with E-state index in [2.05, 4.69) is 0 Å². The first-order chi connectivity index (χ1) is 7.57. The molecule has 0 bridgehead atoms. The van der Waals surface area contributed by atoms with Crippen LogP contribution in [0.5, 0.6) is 5.75 Å². The summed E-state index contributed by atoms with van der Waals surface area (Å²) in [5.41, 5.74) is 0.773. The van der Waals surface area contributed by atoms with E-state index in [-0.39, 0.29) is 11.5 Å². The number of alkyl halides is 1. The minimum absolute atomic E-state index is 0.0634. The summed E-state index contributed by atoms with van der Waals surface area (Å²) in [5.74, 6) is 1.31. The highest BCUT2D eigenvalue weighted by Gasteiger charge is 2.11. The Morgan fingerprint density at radius 1 is 1.25 bits per heavy atom. The Balaban J connectivity index is 2.65. The molecule has 0 fully saturated rings. The van der Waals surface area contributed by atoms with Gasteiger partial charge in [-0.2, -0.15) is 0 Å². The first-order valence-electron chi connectivity index (χ1n) is 4.97. The van der Waals surface area contributed by atoms with Gasteiger partial charge in [0, 0.05) is 5.88 Å². The molecule has 16 heavy (non-hydrogen) atoms. The summed E-state index contributed by atoms with van der Waals surface area (Å²) >= 11 is 5.47. The standard InChI is InChI=1S/C11H15ClO3S/c1-15-11-5-3-10(4-6-11)9-16(13,14)8-2-7-12/h3-6H,2,7-9H2,1H3. The third-order valence-corrected chi connectivity index (χ3v) is 4.09. The van der Waals surface area contributed by atoms with E-state index in [0.717, 1.165) is 11.3 Å². The van der Waals surface area contributed by atoms with E-state index >= 15 is 0 Å². The summed E-state index contributed by atoms with van der Waals surface area (Å²) in [6, 6.07) is 7.03. The van der Waals surface area contributed by atoms with Crippen LogP contribution >= 0.6 is 11.6 Å². The van der Waals surface area contributed by atoms with Crippen molar-refractivity contribution in [1.82, 2.24) is 0 Å². The van der Waals surface area contributed by atoms with E-state index in [1.807, 2.05) is 0 Å². The molecule has 90 valence electrons. The monoisotopic (exact) mass is 262 g/mol. The van der Waals surface area contributed by atoms with Gasteiger partial charge in [0.05, 0.1) is 18.6 Å². The van der Waals surface area contributed by atoms with Crippen LogP contribution in [-0.2, 0) is 15.6 Å². The lowest BCUT2D eigenvalue weighted by Crippen LogP contribution is -2.09. The highest BCUT2D eigenvalue weighted by atomic mass is 35.5. The Bertz CT molecular complexity index is 411. The van der Waals surface area contributed by atoms with Crippen LogP contribution in [0.3, 0.4) is 0 Å². The zero-order valence-corrected chi connectivity index (χ0v) is 10.7. The quantitative estimate of drug-likeness (QED) is 0.739. The molecule has 0 N–H and O–H groups in total. The van der Waals surface area contributed by atoms with E-state index in [4.69, 9.17) is 16.3 Å². The van der Waals surface area contributed by atoms with Crippen molar-refractivity contribution in [3.8, 4) is 5.75 Å². The van der Waals surface area contributed by atoms with Crippen molar-refractivity contribution in [2.75, 3.05) is 18.7 Å². The van der Waals surface area contributed by atoms with Gasteiger partial charge in [-0.3, -0.25) is 0 Å². The fraction of sp³-hybridized carbons (Fsp3) is 0.455. The molecule has 0 radical (unpaired) electrons. The molecule has 0 saturated carbocycles. The topological polar surface area (TPSA) is 43.4 Å². The molecule has 0 heterocycles. The fourth-order valence-corrected chi connectivity index (χ4v) is 3.04. The van der Waals surface area contributed by atoms with E-state index in [1.54, 1.807) is 31.4 Å². The normalized spacial score (nSPS) is 11.4. The Labute approximate surface area is 101 Å². The highest BCUT2D eigenvalue weighted by molar-refractivity contribution is 7.90. The zero-order valence-electron chi connectivity index (χ0n) is 9.15. The van der Waals surface area contributed by atoms with Crippen molar-refractivity contribution in [2.45, 2.75) is 12.2 Å². The number of rotatable bonds is 6. The van der Waals surface area contributed by atoms with Gasteiger partial charge < -0.3 is 4.74 Å². The van der Waals surface area contributed by atoms with Gasteiger partial charge in [0.25, 0.3) is 0 Å². The second-order valence-electron chi connectivity index (χ2n) is 3.48. The molecular weight excluding hydrogens is 248 g/mol. The van der Waals surface area contributed by atoms with Crippen LogP contribution in [0, 0.1) is 0 Å². The Hall–Kier alpha value is -0.740. The van der Waals surface area contributed by atoms with Crippen molar-refractivity contribution in [1.29, 1.82) is 0 Å². The third-order valence-electron chi connectivity index (χ3n) is 2.13. The van der Waals surface area contributed by atoms with Crippen molar-refractivity contribution < 1.29 is 13.2 Å². The maximum absolute atomic E-state index is 11.6. The molecular formula is C11H15ClO3S. The van der Waals surface area contributed by atoms with Crippen LogP contribution in [-0.4, -0.2) is 27.2 Å². The fourth-order valence-electron chi connectivity index (χ4n) is 1.32. The van der Waals surface area contributed by atoms with E-state index in [1.165, 1.54) is 0 Å². The molecule has 0 aliphatic rings. The predicted molar refractivity (Wildman–Crippen MR) is 65.8 cm³/mol. The summed E-state index contributed by atoms with van der Waals surface area (Å²) in [7, 11) is -1.47. The molecule has 0 saturated heterocycles. The average molecular weight is 263 g/mol. The minimum atomic E-state index is -3.04. The summed E-state index contributed by atoms with van der Waals surface area (Å²) in [6.07, 6.45) is 0.500. The van der Waals surface area contributed by atoms with Crippen LogP contribution in [0.4, 0.5) is 0 Å². The molecule has 0 aliphatic heterocycles. The minimum Gasteiger partial charge on any atom is -0.497 e. The summed E-state index contributed by atoms with van der Waals surface area (Å²) < 4.78 is 28.2. The molecule has 5 heteroatoms. The number of methoxy groups -OCH3 is 1. The van der Waals surface area contributed by atoms with Crippen LogP contribution in [0.15, 0.2) is 24.3 Å². The lowest BCUT2D eigenvalue weighted by Gasteiger charge is -2.04. The predicted octanol–water partition coefficient (Wildman–Crippen LogP) is 2.24. The first-order valence-corrected chi connectivity index (χ1v) is 7.32. The third kappa shape index (κ3) is 4.41. The SMILES string of the molecule is COc1ccc(CS(=O)(=O)CCCCl)cc1. The molecule has 0 amide bonds. The molecule has 1 rings (SSSR count). The first kappa shape index (κ1) is 13.3. The van der Waals surface area contributed by atoms with Gasteiger partial charge in [-0.05, 0) is 24.1 Å². The van der Waals surface area contributed by atoms with Crippen molar-refractivity contribution in [3.05, 3.63) is 29.8 Å². The molecule has 0 spiro atoms. The Morgan fingerprint density at radius 3 is 2.38 bits per heavy atom. The van der Waals surface area contributed by atoms with E-state index in [0.29, 0.717) is 12.3 Å². The average Bonchev–Trinajstić information content (AvgIpc) is 2.27. The maximum atomic E-state index is 11.6. The molecule has 1 aromatic rings. The van der Waals surface area contributed by atoms with Gasteiger partial charge in [-0.15, -0.1) is 11.6 Å². The number of hydrogen-bond acceptors (Lipinski definition) is 3. The van der Waals surface area contributed by atoms with Crippen LogP contribution in [0.2, 0.25) is 0 Å². The van der Waals surface area contributed by atoms with Crippen LogP contribution < -0.4 is 4.74 Å². The molecule has 0 aliphatic carbocycles. The second kappa shape index (κ2) is 6.11. The summed E-state index contributed by atoms with van der Waals surface area (Å²) in [5, 5.41) is 0. The number of ether oxygens (including phenoxy) is 1. The van der Waals surface area contributed by atoms with E-state index in [9.17, 15) is 8.42 Å². The summed E-state index contributed by atoms with van der Waals surface area (Å²) in [4.78, 5) is 0. The van der Waals surface area contributed by atoms with Gasteiger partial charge >= 0.3 is 0 Å². The maximum Gasteiger partial charge on any atom is 0.154 e. The number of hydrogen-bond donors (Lipinski definition) is 0. The Kier molecular flexibility index (Phi) is 5.09. The largest absolute Gasteiger partial charge is 0.497 e. The van der Waals surface area contributed by atoms with Crippen LogP contribution in [0.1, 0.15) is 12.0 Å². The van der Waals surface area contributed by atoms with Gasteiger partial charge in [0.15, 0.2) is 9.84 Å². The molecule has 1 aromatic carbocycles. The van der Waals surface area contributed by atoms with Crippen LogP contribution in [0.25, 0.3) is 0 Å². The number of sulfone groups is 1. The molecule has 0 aromatic heterocycles. The van der Waals surface area contributed by atoms with Gasteiger partial charge in [-0.1, -0.05) is 12.1 Å². The van der Waals surface area contributed by atoms with E-state index < -0.39 is 9.84 Å². The van der Waals surface area contributed by atoms with Crippen molar-refractivity contribution in [2.24, 2.45) is 0 Å². The summed E-state index contributed by atoms with van der Waals surface area (Å²) in [6.45, 7) is 0. The smallest absolute Gasteiger partial charge is 0.154 e. The lowest BCUT2D eigenvalue weighted by molar-refractivity contribution is 0.414. The zero-order chi connectivity index (χ0) is 12.0. The van der Waals surface area contributed by atoms with Gasteiger partial charge in [0.2, 0.25) is 0 Å². The van der Waals surface area contributed by atoms with Crippen molar-refractivity contribution >= 4 is 21.4 Å². The second-order valence-corrected chi connectivity index (χ2v) is 6.04. The highest BCUT2D eigenvalue weighted by Crippen LogP contribution is 2.14.